The van der Waals surface area contributed by atoms with Gasteiger partial charge in [-0.1, -0.05) is 36.4 Å². The van der Waals surface area contributed by atoms with E-state index in [4.69, 9.17) is 0 Å². The summed E-state index contributed by atoms with van der Waals surface area (Å²) in [5.41, 5.74) is 1.83. The van der Waals surface area contributed by atoms with Crippen LogP contribution in [0.15, 0.2) is 48.5 Å². The molecule has 1 aliphatic rings. The van der Waals surface area contributed by atoms with Crippen LogP contribution < -0.4 is 5.32 Å². The average molecular weight is 273 g/mol. The Hall–Kier alpha value is -1.74. The van der Waals surface area contributed by atoms with Crippen molar-refractivity contribution in [1.82, 2.24) is 5.32 Å². The number of rotatable bonds is 3. The second-order valence-corrected chi connectivity index (χ2v) is 5.34. The van der Waals surface area contributed by atoms with Gasteiger partial charge in [-0.3, -0.25) is 0 Å². The first kappa shape index (κ1) is 13.3. The third kappa shape index (κ3) is 2.73. The molecule has 2 atom stereocenters. The molecule has 2 aromatic carbocycles. The van der Waals surface area contributed by atoms with Crippen LogP contribution in [0.5, 0.6) is 0 Å². The fraction of sp³-hybridized carbons (Fsp3) is 0.294. The summed E-state index contributed by atoms with van der Waals surface area (Å²) >= 11 is 0. The van der Waals surface area contributed by atoms with Crippen LogP contribution >= 0.6 is 0 Å². The topological polar surface area (TPSA) is 12.0 Å². The molecule has 1 saturated heterocycles. The molecule has 1 N–H and O–H groups in total. The number of hydrogen-bond donors (Lipinski definition) is 1. The van der Waals surface area contributed by atoms with Crippen LogP contribution in [0.3, 0.4) is 0 Å². The molecular weight excluding hydrogens is 256 g/mol. The average Bonchev–Trinajstić information content (AvgIpc) is 2.88. The molecule has 2 aromatic rings. The van der Waals surface area contributed by atoms with E-state index in [1.807, 2.05) is 18.2 Å². The van der Waals surface area contributed by atoms with Crippen LogP contribution in [0.25, 0.3) is 0 Å². The van der Waals surface area contributed by atoms with Crippen molar-refractivity contribution in [3.05, 3.63) is 71.3 Å². The maximum absolute atomic E-state index is 13.9. The van der Waals surface area contributed by atoms with E-state index in [9.17, 15) is 8.78 Å². The molecule has 0 radical (unpaired) electrons. The lowest BCUT2D eigenvalue weighted by Crippen LogP contribution is -2.20. The van der Waals surface area contributed by atoms with Gasteiger partial charge in [-0.05, 0) is 36.9 Å². The summed E-state index contributed by atoms with van der Waals surface area (Å²) in [5.74, 6) is -0.635. The van der Waals surface area contributed by atoms with Gasteiger partial charge in [0.05, 0.1) is 0 Å². The molecule has 20 heavy (non-hydrogen) atoms. The molecule has 1 aliphatic heterocycles. The molecule has 0 aliphatic carbocycles. The minimum atomic E-state index is -0.524. The molecular formula is C17H17F2N. The van der Waals surface area contributed by atoms with Crippen molar-refractivity contribution in [1.29, 1.82) is 0 Å². The summed E-state index contributed by atoms with van der Waals surface area (Å²) in [7, 11) is 0. The Kier molecular flexibility index (Phi) is 3.79. The van der Waals surface area contributed by atoms with Gasteiger partial charge in [0.25, 0.3) is 0 Å². The smallest absolute Gasteiger partial charge is 0.130 e. The van der Waals surface area contributed by atoms with Crippen molar-refractivity contribution in [3.8, 4) is 0 Å². The Bertz CT molecular complexity index is 583. The molecule has 1 nitrogen and oxygen atoms in total. The second kappa shape index (κ2) is 5.71. The summed E-state index contributed by atoms with van der Waals surface area (Å²) in [6.07, 6.45) is 1.92. The first-order chi connectivity index (χ1) is 9.74. The fourth-order valence-corrected chi connectivity index (χ4v) is 3.01. The summed E-state index contributed by atoms with van der Waals surface area (Å²) in [5, 5.41) is 3.34. The van der Waals surface area contributed by atoms with Crippen LogP contribution in [0.1, 0.15) is 23.6 Å². The van der Waals surface area contributed by atoms with Gasteiger partial charge in [0.15, 0.2) is 0 Å². The Morgan fingerprint density at radius 3 is 2.60 bits per heavy atom. The highest BCUT2D eigenvalue weighted by molar-refractivity contribution is 5.25. The van der Waals surface area contributed by atoms with Crippen molar-refractivity contribution in [2.75, 3.05) is 6.54 Å². The van der Waals surface area contributed by atoms with Crippen molar-refractivity contribution >= 4 is 0 Å². The molecule has 0 spiro atoms. The number of hydrogen-bond acceptors (Lipinski definition) is 1. The Balaban J connectivity index is 1.82. The Labute approximate surface area is 117 Å². The predicted octanol–water partition coefficient (Wildman–Crippen LogP) is 3.86. The van der Waals surface area contributed by atoms with Crippen molar-refractivity contribution in [3.63, 3.8) is 0 Å². The van der Waals surface area contributed by atoms with Gasteiger partial charge in [0, 0.05) is 17.7 Å². The molecule has 0 bridgehead atoms. The van der Waals surface area contributed by atoms with Gasteiger partial charge in [-0.2, -0.15) is 0 Å². The first-order valence-corrected chi connectivity index (χ1v) is 6.96. The van der Waals surface area contributed by atoms with Gasteiger partial charge in [-0.25, -0.2) is 8.78 Å². The van der Waals surface area contributed by atoms with E-state index < -0.39 is 11.6 Å². The zero-order chi connectivity index (χ0) is 13.9. The Morgan fingerprint density at radius 2 is 1.85 bits per heavy atom. The van der Waals surface area contributed by atoms with Crippen molar-refractivity contribution in [2.24, 2.45) is 5.92 Å². The second-order valence-electron chi connectivity index (χ2n) is 5.34. The van der Waals surface area contributed by atoms with Crippen LogP contribution in [0, 0.1) is 17.6 Å². The van der Waals surface area contributed by atoms with E-state index in [2.05, 4.69) is 17.4 Å². The van der Waals surface area contributed by atoms with Gasteiger partial charge >= 0.3 is 0 Å². The van der Waals surface area contributed by atoms with E-state index in [-0.39, 0.29) is 6.04 Å². The highest BCUT2D eigenvalue weighted by atomic mass is 19.1. The van der Waals surface area contributed by atoms with Crippen molar-refractivity contribution in [2.45, 2.75) is 18.9 Å². The van der Waals surface area contributed by atoms with E-state index in [1.54, 1.807) is 6.07 Å². The van der Waals surface area contributed by atoms with E-state index in [0.29, 0.717) is 11.5 Å². The molecule has 2 unspecified atom stereocenters. The highest BCUT2D eigenvalue weighted by Crippen LogP contribution is 2.33. The molecule has 0 amide bonds. The van der Waals surface area contributed by atoms with Crippen LogP contribution in [-0.4, -0.2) is 6.54 Å². The molecule has 104 valence electrons. The molecule has 0 aromatic heterocycles. The summed E-state index contributed by atoms with van der Waals surface area (Å²) in [6, 6.07) is 14.0. The third-order valence-electron chi connectivity index (χ3n) is 3.99. The van der Waals surface area contributed by atoms with Crippen molar-refractivity contribution < 1.29 is 8.78 Å². The summed E-state index contributed by atoms with van der Waals surface area (Å²) < 4.78 is 27.0. The molecule has 0 saturated carbocycles. The van der Waals surface area contributed by atoms with Crippen LogP contribution in [-0.2, 0) is 6.42 Å². The minimum Gasteiger partial charge on any atom is -0.310 e. The molecule has 3 heteroatoms. The normalized spacial score (nSPS) is 22.1. The largest absolute Gasteiger partial charge is 0.310 e. The third-order valence-corrected chi connectivity index (χ3v) is 3.99. The number of benzene rings is 2. The molecule has 1 fully saturated rings. The Morgan fingerprint density at radius 1 is 1.05 bits per heavy atom. The fourth-order valence-electron chi connectivity index (χ4n) is 3.01. The number of halogens is 2. The van der Waals surface area contributed by atoms with Gasteiger partial charge < -0.3 is 5.32 Å². The lowest BCUT2D eigenvalue weighted by molar-refractivity contribution is 0.439. The first-order valence-electron chi connectivity index (χ1n) is 6.96. The van der Waals surface area contributed by atoms with Gasteiger partial charge in [-0.15, -0.1) is 0 Å². The monoisotopic (exact) mass is 273 g/mol. The molecule has 3 rings (SSSR count). The molecule has 1 heterocycles. The minimum absolute atomic E-state index is 0.0317. The summed E-state index contributed by atoms with van der Waals surface area (Å²) in [6.45, 7) is 0.874. The lowest BCUT2D eigenvalue weighted by atomic mass is 9.88. The van der Waals surface area contributed by atoms with E-state index in [0.717, 1.165) is 25.5 Å². The van der Waals surface area contributed by atoms with Gasteiger partial charge in [0.2, 0.25) is 0 Å². The zero-order valence-corrected chi connectivity index (χ0v) is 11.2. The zero-order valence-electron chi connectivity index (χ0n) is 11.2. The van der Waals surface area contributed by atoms with Crippen LogP contribution in [0.2, 0.25) is 0 Å². The van der Waals surface area contributed by atoms with Gasteiger partial charge in [0.1, 0.15) is 11.6 Å². The maximum Gasteiger partial charge on any atom is 0.130 e. The number of nitrogens with one attached hydrogen (secondary N) is 1. The quantitative estimate of drug-likeness (QED) is 0.895. The SMILES string of the molecule is Fc1ccc(C2NCCC2Cc2ccccc2)c(F)c1. The maximum atomic E-state index is 13.9. The summed E-state index contributed by atoms with van der Waals surface area (Å²) in [4.78, 5) is 0. The predicted molar refractivity (Wildman–Crippen MR) is 75.4 cm³/mol. The highest BCUT2D eigenvalue weighted by Gasteiger charge is 2.30. The standard InChI is InChI=1S/C17H17F2N/c18-14-6-7-15(16(19)11-14)17-13(8-9-20-17)10-12-4-2-1-3-5-12/h1-7,11,13,17,20H,8-10H2. The van der Waals surface area contributed by atoms with E-state index >= 15 is 0 Å². The lowest BCUT2D eigenvalue weighted by Gasteiger charge is -2.20. The van der Waals surface area contributed by atoms with E-state index in [1.165, 1.54) is 11.6 Å². The van der Waals surface area contributed by atoms with Crippen LogP contribution in [0.4, 0.5) is 8.78 Å².